The molecular weight excluding hydrogens is 203 g/mol. The van der Waals surface area contributed by atoms with Crippen molar-refractivity contribution in [3.05, 3.63) is 35.1 Å². The Balaban J connectivity index is 2.82. The minimum absolute atomic E-state index is 0.0231. The summed E-state index contributed by atoms with van der Waals surface area (Å²) in [6.07, 6.45) is 0.402. The topological polar surface area (TPSA) is 20.2 Å². The van der Waals surface area contributed by atoms with Gasteiger partial charge in [-0.3, -0.25) is 0 Å². The lowest BCUT2D eigenvalue weighted by molar-refractivity contribution is 0.305. The second-order valence-electron chi connectivity index (χ2n) is 2.72. The van der Waals surface area contributed by atoms with Crippen LogP contribution in [0.4, 0.5) is 4.39 Å². The van der Waals surface area contributed by atoms with Gasteiger partial charge in [0.15, 0.2) is 0 Å². The number of halogens is 2. The zero-order chi connectivity index (χ0) is 10.4. The van der Waals surface area contributed by atoms with Gasteiger partial charge in [-0.05, 0) is 12.1 Å². The maximum atomic E-state index is 13.2. The molecule has 0 unspecified atom stereocenters. The Kier molecular flexibility index (Phi) is 4.45. The molecule has 1 N–H and O–H groups in total. The van der Waals surface area contributed by atoms with E-state index in [9.17, 15) is 4.39 Å². The van der Waals surface area contributed by atoms with Gasteiger partial charge in [-0.25, -0.2) is 4.39 Å². The Morgan fingerprint density at radius 2 is 2.21 bits per heavy atom. The molecule has 0 bridgehead atoms. The van der Waals surface area contributed by atoms with Crippen molar-refractivity contribution < 1.29 is 9.50 Å². The summed E-state index contributed by atoms with van der Waals surface area (Å²) in [7, 11) is 0. The number of benzene rings is 1. The fourth-order valence-electron chi connectivity index (χ4n) is 0.954. The van der Waals surface area contributed by atoms with Gasteiger partial charge in [0.1, 0.15) is 5.82 Å². The molecule has 0 aromatic heterocycles. The van der Waals surface area contributed by atoms with Crippen molar-refractivity contribution in [1.82, 2.24) is 0 Å². The highest BCUT2D eigenvalue weighted by molar-refractivity contribution is 6.17. The third-order valence-corrected chi connectivity index (χ3v) is 1.95. The summed E-state index contributed by atoms with van der Waals surface area (Å²) >= 11 is 5.50. The minimum atomic E-state index is -0.337. The Morgan fingerprint density at radius 1 is 1.43 bits per heavy atom. The Labute approximate surface area is 87.5 Å². The van der Waals surface area contributed by atoms with Crippen LogP contribution in [0.25, 0.3) is 0 Å². The number of hydrogen-bond acceptors (Lipinski definition) is 1. The van der Waals surface area contributed by atoms with Crippen LogP contribution in [0.5, 0.6) is 0 Å². The molecule has 0 saturated heterocycles. The van der Waals surface area contributed by atoms with Gasteiger partial charge in [0.2, 0.25) is 0 Å². The third kappa shape index (κ3) is 3.02. The molecule has 0 aliphatic heterocycles. The van der Waals surface area contributed by atoms with E-state index in [1.165, 1.54) is 6.07 Å². The largest absolute Gasteiger partial charge is 0.395 e. The van der Waals surface area contributed by atoms with Crippen LogP contribution in [0.3, 0.4) is 0 Å². The maximum absolute atomic E-state index is 13.2. The average Bonchev–Trinajstić information content (AvgIpc) is 2.18. The first-order valence-electron chi connectivity index (χ1n) is 4.22. The quantitative estimate of drug-likeness (QED) is 0.589. The molecule has 0 aliphatic rings. The van der Waals surface area contributed by atoms with Crippen molar-refractivity contribution in [3.63, 3.8) is 0 Å². The standard InChI is InChI=1S/C11H10ClFO/c12-8-10-5-4-9(7-11(10)13)3-1-2-6-14/h4-5,7,14H,2,6,8H2. The maximum Gasteiger partial charge on any atom is 0.128 e. The van der Waals surface area contributed by atoms with Crippen molar-refractivity contribution in [2.75, 3.05) is 6.61 Å². The van der Waals surface area contributed by atoms with Gasteiger partial charge < -0.3 is 5.11 Å². The van der Waals surface area contributed by atoms with Gasteiger partial charge in [0.05, 0.1) is 12.5 Å². The molecule has 1 nitrogen and oxygen atoms in total. The first-order chi connectivity index (χ1) is 6.77. The van der Waals surface area contributed by atoms with E-state index in [1.807, 2.05) is 0 Å². The van der Waals surface area contributed by atoms with E-state index in [-0.39, 0.29) is 18.3 Å². The molecule has 0 saturated carbocycles. The van der Waals surface area contributed by atoms with Crippen LogP contribution in [0.2, 0.25) is 0 Å². The SMILES string of the molecule is OCCC#Cc1ccc(CCl)c(F)c1. The molecule has 74 valence electrons. The van der Waals surface area contributed by atoms with Crippen LogP contribution in [0.1, 0.15) is 17.5 Å². The zero-order valence-electron chi connectivity index (χ0n) is 7.56. The summed E-state index contributed by atoms with van der Waals surface area (Å²) in [5.41, 5.74) is 1.07. The van der Waals surface area contributed by atoms with Gasteiger partial charge in [-0.15, -0.1) is 11.6 Å². The van der Waals surface area contributed by atoms with Crippen molar-refractivity contribution in [1.29, 1.82) is 0 Å². The normalized spacial score (nSPS) is 9.36. The molecule has 0 aliphatic carbocycles. The molecule has 0 radical (unpaired) electrons. The van der Waals surface area contributed by atoms with Crippen molar-refractivity contribution in [3.8, 4) is 11.8 Å². The van der Waals surface area contributed by atoms with E-state index >= 15 is 0 Å². The molecule has 0 heterocycles. The lowest BCUT2D eigenvalue weighted by Gasteiger charge is -1.97. The summed E-state index contributed by atoms with van der Waals surface area (Å²) in [5, 5.41) is 8.49. The van der Waals surface area contributed by atoms with Crippen molar-refractivity contribution >= 4 is 11.6 Å². The van der Waals surface area contributed by atoms with Crippen molar-refractivity contribution in [2.45, 2.75) is 12.3 Å². The van der Waals surface area contributed by atoms with Gasteiger partial charge in [0, 0.05) is 17.5 Å². The van der Waals surface area contributed by atoms with Gasteiger partial charge >= 0.3 is 0 Å². The van der Waals surface area contributed by atoms with Crippen LogP contribution in [0.15, 0.2) is 18.2 Å². The van der Waals surface area contributed by atoms with Crippen LogP contribution in [-0.4, -0.2) is 11.7 Å². The monoisotopic (exact) mass is 212 g/mol. The van der Waals surface area contributed by atoms with Gasteiger partial charge in [0.25, 0.3) is 0 Å². The fourth-order valence-corrected chi connectivity index (χ4v) is 1.17. The first-order valence-corrected chi connectivity index (χ1v) is 4.75. The lowest BCUT2D eigenvalue weighted by atomic mass is 10.1. The Morgan fingerprint density at radius 3 is 2.79 bits per heavy atom. The van der Waals surface area contributed by atoms with Crippen LogP contribution < -0.4 is 0 Å². The third-order valence-electron chi connectivity index (χ3n) is 1.67. The summed E-state index contributed by atoms with van der Waals surface area (Å²) in [6.45, 7) is 0.0231. The molecule has 1 aromatic rings. The number of rotatable bonds is 2. The smallest absolute Gasteiger partial charge is 0.128 e. The van der Waals surface area contributed by atoms with E-state index < -0.39 is 0 Å². The van der Waals surface area contributed by atoms with Crippen LogP contribution >= 0.6 is 11.6 Å². The van der Waals surface area contributed by atoms with E-state index in [1.54, 1.807) is 12.1 Å². The lowest BCUT2D eigenvalue weighted by Crippen LogP contribution is -1.87. The van der Waals surface area contributed by atoms with Gasteiger partial charge in [-0.2, -0.15) is 0 Å². The fraction of sp³-hybridized carbons (Fsp3) is 0.273. The molecule has 1 rings (SSSR count). The molecule has 0 atom stereocenters. The number of aliphatic hydroxyl groups is 1. The van der Waals surface area contributed by atoms with Crippen LogP contribution in [0, 0.1) is 17.7 Å². The first kappa shape index (κ1) is 11.0. The zero-order valence-corrected chi connectivity index (χ0v) is 8.31. The Hall–Kier alpha value is -1.04. The molecule has 3 heteroatoms. The molecule has 0 spiro atoms. The summed E-state index contributed by atoms with van der Waals surface area (Å²) in [4.78, 5) is 0. The molecule has 1 aromatic carbocycles. The van der Waals surface area contributed by atoms with Crippen LogP contribution in [-0.2, 0) is 5.88 Å². The Bertz CT molecular complexity index is 365. The second kappa shape index (κ2) is 5.64. The van der Waals surface area contributed by atoms with E-state index in [4.69, 9.17) is 16.7 Å². The molecule has 14 heavy (non-hydrogen) atoms. The van der Waals surface area contributed by atoms with E-state index in [0.717, 1.165) is 0 Å². The second-order valence-corrected chi connectivity index (χ2v) is 2.98. The number of aliphatic hydroxyl groups excluding tert-OH is 1. The number of hydrogen-bond donors (Lipinski definition) is 1. The predicted molar refractivity (Wildman–Crippen MR) is 54.5 cm³/mol. The highest BCUT2D eigenvalue weighted by Crippen LogP contribution is 2.11. The summed E-state index contributed by atoms with van der Waals surface area (Å²) in [6, 6.07) is 4.68. The highest BCUT2D eigenvalue weighted by Gasteiger charge is 2.00. The molecule has 0 fully saturated rings. The van der Waals surface area contributed by atoms with E-state index in [0.29, 0.717) is 17.5 Å². The predicted octanol–water partition coefficient (Wildman–Crippen LogP) is 2.30. The van der Waals surface area contributed by atoms with Gasteiger partial charge in [-0.1, -0.05) is 17.9 Å². The van der Waals surface area contributed by atoms with E-state index in [2.05, 4.69) is 11.8 Å². The highest BCUT2D eigenvalue weighted by atomic mass is 35.5. The average molecular weight is 213 g/mol. The molecule has 0 amide bonds. The molecular formula is C11H10ClFO. The minimum Gasteiger partial charge on any atom is -0.395 e. The van der Waals surface area contributed by atoms with Crippen molar-refractivity contribution in [2.24, 2.45) is 0 Å². The number of alkyl halides is 1. The summed E-state index contributed by atoms with van der Waals surface area (Å²) in [5.74, 6) is 5.29. The summed E-state index contributed by atoms with van der Waals surface area (Å²) < 4.78 is 13.2.